The largest absolute Gasteiger partial charge is 0.340 e. The van der Waals surface area contributed by atoms with Crippen LogP contribution in [0.3, 0.4) is 0 Å². The van der Waals surface area contributed by atoms with Crippen LogP contribution < -0.4 is 0 Å². The molecule has 2 aromatic carbocycles. The number of rotatable bonds is 3. The van der Waals surface area contributed by atoms with Crippen LogP contribution in [0.2, 0.25) is 5.02 Å². The van der Waals surface area contributed by atoms with Gasteiger partial charge in [0.15, 0.2) is 0 Å². The van der Waals surface area contributed by atoms with Crippen molar-refractivity contribution in [1.29, 1.82) is 0 Å². The van der Waals surface area contributed by atoms with Crippen molar-refractivity contribution < 1.29 is 9.59 Å². The van der Waals surface area contributed by atoms with Gasteiger partial charge in [-0.25, -0.2) is 0 Å². The van der Waals surface area contributed by atoms with Crippen LogP contribution in [0.15, 0.2) is 48.5 Å². The second-order valence-electron chi connectivity index (χ2n) is 7.30. The predicted molar refractivity (Wildman–Crippen MR) is 107 cm³/mol. The van der Waals surface area contributed by atoms with E-state index in [1.165, 1.54) is 0 Å². The summed E-state index contributed by atoms with van der Waals surface area (Å²) in [6.45, 7) is 2.31. The molecule has 0 aromatic heterocycles. The van der Waals surface area contributed by atoms with E-state index in [2.05, 4.69) is 0 Å². The van der Waals surface area contributed by atoms with Gasteiger partial charge in [-0.2, -0.15) is 0 Å². The molecule has 2 fully saturated rings. The first-order chi connectivity index (χ1) is 13.1. The Labute approximate surface area is 164 Å². The summed E-state index contributed by atoms with van der Waals surface area (Å²) in [6.07, 6.45) is 3.40. The minimum absolute atomic E-state index is 0.0730. The Morgan fingerprint density at radius 2 is 1.48 bits per heavy atom. The maximum absolute atomic E-state index is 12.8. The van der Waals surface area contributed by atoms with E-state index >= 15 is 0 Å². The van der Waals surface area contributed by atoms with E-state index in [9.17, 15) is 9.59 Å². The SMILES string of the molecule is O=C(c1ccc(-c2ccc(Cl)cc2)cc1)N1CCC(N2CCCC2=O)CC1. The highest BCUT2D eigenvalue weighted by molar-refractivity contribution is 6.30. The minimum atomic E-state index is 0.0730. The normalized spacial score (nSPS) is 18.2. The molecule has 0 aliphatic carbocycles. The van der Waals surface area contributed by atoms with Gasteiger partial charge in [-0.1, -0.05) is 35.9 Å². The molecule has 140 valence electrons. The monoisotopic (exact) mass is 382 g/mol. The van der Waals surface area contributed by atoms with Crippen LogP contribution in [0.1, 0.15) is 36.0 Å². The number of hydrogen-bond acceptors (Lipinski definition) is 2. The van der Waals surface area contributed by atoms with Gasteiger partial charge in [0, 0.05) is 42.7 Å². The summed E-state index contributed by atoms with van der Waals surface area (Å²) in [5.74, 6) is 0.349. The van der Waals surface area contributed by atoms with Gasteiger partial charge in [-0.15, -0.1) is 0 Å². The summed E-state index contributed by atoms with van der Waals surface area (Å²) in [7, 11) is 0. The van der Waals surface area contributed by atoms with Crippen molar-refractivity contribution >= 4 is 23.4 Å². The molecule has 0 unspecified atom stereocenters. The van der Waals surface area contributed by atoms with Gasteiger partial charge in [-0.3, -0.25) is 9.59 Å². The molecule has 0 bridgehead atoms. The summed E-state index contributed by atoms with van der Waals surface area (Å²) in [4.78, 5) is 28.7. The third kappa shape index (κ3) is 3.86. The van der Waals surface area contributed by atoms with Crippen molar-refractivity contribution in [2.75, 3.05) is 19.6 Å². The second kappa shape index (κ2) is 7.73. The zero-order chi connectivity index (χ0) is 18.8. The zero-order valence-corrected chi connectivity index (χ0v) is 16.0. The standard InChI is InChI=1S/C22H23ClN2O2/c23-19-9-7-17(8-10-19)16-3-5-18(6-4-16)22(27)24-14-11-20(12-15-24)25-13-1-2-21(25)26/h3-10,20H,1-2,11-15H2. The van der Waals surface area contributed by atoms with E-state index in [0.717, 1.165) is 36.9 Å². The number of hydrogen-bond donors (Lipinski definition) is 0. The van der Waals surface area contributed by atoms with Gasteiger partial charge < -0.3 is 9.80 Å². The number of likely N-dealkylation sites (tertiary alicyclic amines) is 2. The molecule has 0 atom stereocenters. The van der Waals surface area contributed by atoms with Crippen molar-refractivity contribution in [3.8, 4) is 11.1 Å². The average Bonchev–Trinajstić information content (AvgIpc) is 3.14. The fourth-order valence-electron chi connectivity index (χ4n) is 4.07. The van der Waals surface area contributed by atoms with Crippen LogP contribution in [0.4, 0.5) is 0 Å². The number of carbonyl (C=O) groups excluding carboxylic acids is 2. The van der Waals surface area contributed by atoms with Crippen molar-refractivity contribution in [2.24, 2.45) is 0 Å². The maximum atomic E-state index is 12.8. The topological polar surface area (TPSA) is 40.6 Å². The number of carbonyl (C=O) groups is 2. The fourth-order valence-corrected chi connectivity index (χ4v) is 4.19. The first-order valence-electron chi connectivity index (χ1n) is 9.56. The first kappa shape index (κ1) is 18.1. The third-order valence-corrected chi connectivity index (χ3v) is 5.86. The van der Waals surface area contributed by atoms with Crippen LogP contribution in [-0.4, -0.2) is 47.3 Å². The van der Waals surface area contributed by atoms with Gasteiger partial charge in [0.2, 0.25) is 5.91 Å². The molecule has 0 saturated carbocycles. The summed E-state index contributed by atoms with van der Waals surface area (Å²) in [5, 5.41) is 0.713. The molecule has 2 aliphatic heterocycles. The summed E-state index contributed by atoms with van der Waals surface area (Å²) in [5.41, 5.74) is 2.85. The van der Waals surface area contributed by atoms with E-state index in [1.807, 2.05) is 58.3 Å². The van der Waals surface area contributed by atoms with E-state index < -0.39 is 0 Å². The molecule has 0 N–H and O–H groups in total. The molecular weight excluding hydrogens is 360 g/mol. The van der Waals surface area contributed by atoms with Crippen molar-refractivity contribution in [3.63, 3.8) is 0 Å². The van der Waals surface area contributed by atoms with Crippen LogP contribution >= 0.6 is 11.6 Å². The van der Waals surface area contributed by atoms with E-state index in [0.29, 0.717) is 36.1 Å². The van der Waals surface area contributed by atoms with Crippen LogP contribution in [0.25, 0.3) is 11.1 Å². The third-order valence-electron chi connectivity index (χ3n) is 5.61. The number of benzene rings is 2. The molecule has 0 radical (unpaired) electrons. The van der Waals surface area contributed by atoms with Gasteiger partial charge in [0.1, 0.15) is 0 Å². The van der Waals surface area contributed by atoms with Crippen LogP contribution in [0.5, 0.6) is 0 Å². The van der Waals surface area contributed by atoms with Crippen LogP contribution in [-0.2, 0) is 4.79 Å². The number of piperidine rings is 1. The molecule has 27 heavy (non-hydrogen) atoms. The lowest BCUT2D eigenvalue weighted by Gasteiger charge is -2.36. The number of amides is 2. The highest BCUT2D eigenvalue weighted by atomic mass is 35.5. The second-order valence-corrected chi connectivity index (χ2v) is 7.73. The van der Waals surface area contributed by atoms with Crippen molar-refractivity contribution in [3.05, 3.63) is 59.1 Å². The van der Waals surface area contributed by atoms with Gasteiger partial charge in [-0.05, 0) is 54.7 Å². The molecule has 2 amide bonds. The van der Waals surface area contributed by atoms with E-state index in [4.69, 9.17) is 11.6 Å². The lowest BCUT2D eigenvalue weighted by atomic mass is 10.0. The van der Waals surface area contributed by atoms with E-state index in [1.54, 1.807) is 0 Å². The van der Waals surface area contributed by atoms with Gasteiger partial charge in [0.05, 0.1) is 0 Å². The molecule has 2 aliphatic rings. The fraction of sp³-hybridized carbons (Fsp3) is 0.364. The molecule has 4 nitrogen and oxygen atoms in total. The lowest BCUT2D eigenvalue weighted by Crippen LogP contribution is -2.47. The highest BCUT2D eigenvalue weighted by Crippen LogP contribution is 2.25. The lowest BCUT2D eigenvalue weighted by molar-refractivity contribution is -0.130. The first-order valence-corrected chi connectivity index (χ1v) is 9.94. The smallest absolute Gasteiger partial charge is 0.253 e. The molecular formula is C22H23ClN2O2. The Hall–Kier alpha value is -2.33. The van der Waals surface area contributed by atoms with Gasteiger partial charge in [0.25, 0.3) is 5.91 Å². The van der Waals surface area contributed by atoms with Crippen molar-refractivity contribution in [1.82, 2.24) is 9.80 Å². The van der Waals surface area contributed by atoms with E-state index in [-0.39, 0.29) is 11.8 Å². The number of halogens is 1. The Bertz CT molecular complexity index is 824. The molecule has 4 rings (SSSR count). The number of nitrogens with zero attached hydrogens (tertiary/aromatic N) is 2. The van der Waals surface area contributed by atoms with Crippen molar-refractivity contribution in [2.45, 2.75) is 31.7 Å². The molecule has 2 saturated heterocycles. The molecule has 2 aromatic rings. The Balaban J connectivity index is 1.38. The zero-order valence-electron chi connectivity index (χ0n) is 15.2. The highest BCUT2D eigenvalue weighted by Gasteiger charge is 2.32. The Morgan fingerprint density at radius 3 is 2.04 bits per heavy atom. The quantitative estimate of drug-likeness (QED) is 0.796. The summed E-state index contributed by atoms with van der Waals surface area (Å²) >= 11 is 5.94. The van der Waals surface area contributed by atoms with Gasteiger partial charge >= 0.3 is 0 Å². The summed E-state index contributed by atoms with van der Waals surface area (Å²) < 4.78 is 0. The Morgan fingerprint density at radius 1 is 0.889 bits per heavy atom. The molecule has 0 spiro atoms. The summed E-state index contributed by atoms with van der Waals surface area (Å²) in [6, 6.07) is 15.7. The Kier molecular flexibility index (Phi) is 5.17. The maximum Gasteiger partial charge on any atom is 0.253 e. The van der Waals surface area contributed by atoms with Crippen LogP contribution in [0, 0.1) is 0 Å². The minimum Gasteiger partial charge on any atom is -0.340 e. The molecule has 5 heteroatoms. The molecule has 2 heterocycles. The average molecular weight is 383 g/mol. The predicted octanol–water partition coefficient (Wildman–Crippen LogP) is 4.23.